The summed E-state index contributed by atoms with van der Waals surface area (Å²) in [5.41, 5.74) is 1.63. The molecule has 0 radical (unpaired) electrons. The maximum atomic E-state index is 10.8. The van der Waals surface area contributed by atoms with Gasteiger partial charge in [-0.3, -0.25) is 24.8 Å². The zero-order valence-electron chi connectivity index (χ0n) is 15.7. The number of aliphatic hydroxyl groups excluding tert-OH is 1. The summed E-state index contributed by atoms with van der Waals surface area (Å²) in [5, 5.41) is 31.2. The normalized spacial score (nSPS) is 13.0. The summed E-state index contributed by atoms with van der Waals surface area (Å²) in [6.45, 7) is 3.43. The Morgan fingerprint density at radius 2 is 1.66 bits per heavy atom. The number of carbonyl (C=O) groups is 1. The minimum absolute atomic E-state index is 0.0240. The number of aryl methyl sites for hydroxylation is 1. The van der Waals surface area contributed by atoms with E-state index in [4.69, 9.17) is 9.66 Å². The van der Waals surface area contributed by atoms with E-state index in [1.165, 1.54) is 43.3 Å². The molecule has 158 valence electrons. The number of hydrogen-bond acceptors (Lipinski definition) is 7. The summed E-state index contributed by atoms with van der Waals surface area (Å²) in [6.07, 6.45) is -1.03. The van der Waals surface area contributed by atoms with Crippen LogP contribution in [0.4, 0.5) is 5.69 Å². The minimum Gasteiger partial charge on any atom is -0.480 e. The predicted molar refractivity (Wildman–Crippen MR) is 104 cm³/mol. The summed E-state index contributed by atoms with van der Waals surface area (Å²) >= 11 is 0. The summed E-state index contributed by atoms with van der Waals surface area (Å²) in [4.78, 5) is 20.7. The standard InChI is InChI=1S/C11H14N2O5.C7H8O3S/c1-7(14)10(11(15)16)12-6-8-2-4-9(5-3-8)13(17)18;1-6-2-4-7(5-3-6)11(8,9)10/h2-5,7,10,12,14H,6H2,1H3,(H,15,16);2-5H,1H3,(H,8,9,10)/t7-,10+;/m1./s1. The lowest BCUT2D eigenvalue weighted by molar-refractivity contribution is -0.384. The van der Waals surface area contributed by atoms with E-state index in [1.54, 1.807) is 12.1 Å². The molecule has 29 heavy (non-hydrogen) atoms. The number of hydrogen-bond donors (Lipinski definition) is 4. The largest absolute Gasteiger partial charge is 0.480 e. The lowest BCUT2D eigenvalue weighted by atomic mass is 10.1. The third-order valence-electron chi connectivity index (χ3n) is 3.74. The first-order valence-electron chi connectivity index (χ1n) is 8.33. The molecule has 0 aliphatic heterocycles. The third kappa shape index (κ3) is 8.35. The van der Waals surface area contributed by atoms with Crippen LogP contribution in [0.3, 0.4) is 0 Å². The van der Waals surface area contributed by atoms with Crippen LogP contribution in [0.2, 0.25) is 0 Å². The highest BCUT2D eigenvalue weighted by Crippen LogP contribution is 2.12. The Morgan fingerprint density at radius 1 is 1.14 bits per heavy atom. The second-order valence-electron chi connectivity index (χ2n) is 6.15. The molecule has 0 saturated carbocycles. The molecule has 0 aliphatic carbocycles. The van der Waals surface area contributed by atoms with Crippen molar-refractivity contribution < 1.29 is 32.9 Å². The lowest BCUT2D eigenvalue weighted by Gasteiger charge is -2.16. The number of nitrogens with one attached hydrogen (secondary N) is 1. The number of rotatable bonds is 7. The van der Waals surface area contributed by atoms with Crippen LogP contribution in [0.5, 0.6) is 0 Å². The Balaban J connectivity index is 0.000000326. The van der Waals surface area contributed by atoms with Gasteiger partial charge >= 0.3 is 5.97 Å². The molecule has 10 nitrogen and oxygen atoms in total. The minimum atomic E-state index is -4.02. The van der Waals surface area contributed by atoms with Gasteiger partial charge in [0, 0.05) is 18.7 Å². The quantitative estimate of drug-likeness (QED) is 0.293. The number of aliphatic hydroxyl groups is 1. The van der Waals surface area contributed by atoms with E-state index in [1.807, 2.05) is 6.92 Å². The molecule has 4 N–H and O–H groups in total. The fourth-order valence-corrected chi connectivity index (χ4v) is 2.62. The van der Waals surface area contributed by atoms with Crippen LogP contribution in [0.15, 0.2) is 53.4 Å². The molecule has 0 fully saturated rings. The van der Waals surface area contributed by atoms with E-state index in [2.05, 4.69) is 5.32 Å². The van der Waals surface area contributed by atoms with E-state index < -0.39 is 33.2 Å². The Hall–Kier alpha value is -2.86. The van der Waals surface area contributed by atoms with E-state index in [9.17, 15) is 28.4 Å². The van der Waals surface area contributed by atoms with Gasteiger partial charge in [0.1, 0.15) is 6.04 Å². The Labute approximate surface area is 167 Å². The van der Waals surface area contributed by atoms with Gasteiger partial charge in [-0.2, -0.15) is 8.42 Å². The SMILES string of the molecule is C[C@@H](O)[C@H](NCc1ccc([N+](=O)[O-])cc1)C(=O)O.Cc1ccc(S(=O)(=O)O)cc1. The molecule has 2 rings (SSSR count). The summed E-state index contributed by atoms with van der Waals surface area (Å²) < 4.78 is 29.6. The van der Waals surface area contributed by atoms with E-state index in [-0.39, 0.29) is 17.1 Å². The molecule has 2 aromatic carbocycles. The number of aliphatic carboxylic acids is 1. The smallest absolute Gasteiger partial charge is 0.323 e. The predicted octanol–water partition coefficient (Wildman–Crippen LogP) is 1.76. The van der Waals surface area contributed by atoms with Gasteiger partial charge in [-0.25, -0.2) is 0 Å². The van der Waals surface area contributed by atoms with E-state index in [0.29, 0.717) is 5.56 Å². The summed E-state index contributed by atoms with van der Waals surface area (Å²) in [5.74, 6) is -1.15. The van der Waals surface area contributed by atoms with Crippen LogP contribution in [0, 0.1) is 17.0 Å². The number of non-ortho nitro benzene ring substituents is 1. The average molecular weight is 426 g/mol. The first-order valence-corrected chi connectivity index (χ1v) is 9.77. The van der Waals surface area contributed by atoms with Crippen LogP contribution < -0.4 is 5.32 Å². The second kappa shape index (κ2) is 10.6. The van der Waals surface area contributed by atoms with Gasteiger partial charge in [-0.05, 0) is 31.5 Å². The van der Waals surface area contributed by atoms with Crippen LogP contribution in [0.25, 0.3) is 0 Å². The van der Waals surface area contributed by atoms with Crippen molar-refractivity contribution in [2.24, 2.45) is 0 Å². The van der Waals surface area contributed by atoms with Gasteiger partial charge in [0.05, 0.1) is 15.9 Å². The van der Waals surface area contributed by atoms with Gasteiger partial charge in [-0.15, -0.1) is 0 Å². The van der Waals surface area contributed by atoms with Gasteiger partial charge in [0.2, 0.25) is 0 Å². The van der Waals surface area contributed by atoms with Gasteiger partial charge in [0.15, 0.2) is 0 Å². The molecule has 2 atom stereocenters. The first-order chi connectivity index (χ1) is 13.4. The summed E-state index contributed by atoms with van der Waals surface area (Å²) in [7, 11) is -4.02. The van der Waals surface area contributed by atoms with Gasteiger partial charge < -0.3 is 10.2 Å². The van der Waals surface area contributed by atoms with Crippen LogP contribution >= 0.6 is 0 Å². The molecule has 0 heterocycles. The van der Waals surface area contributed by atoms with Crippen molar-refractivity contribution in [3.05, 3.63) is 69.8 Å². The number of carboxylic acid groups (broad SMARTS) is 1. The van der Waals surface area contributed by atoms with Crippen LogP contribution in [-0.4, -0.2) is 46.2 Å². The fourth-order valence-electron chi connectivity index (χ4n) is 2.14. The van der Waals surface area contributed by atoms with Crippen molar-refractivity contribution in [3.63, 3.8) is 0 Å². The third-order valence-corrected chi connectivity index (χ3v) is 4.61. The topological polar surface area (TPSA) is 167 Å². The molecule has 11 heteroatoms. The van der Waals surface area contributed by atoms with Crippen molar-refractivity contribution in [2.75, 3.05) is 0 Å². The van der Waals surface area contributed by atoms with Crippen molar-refractivity contribution in [1.82, 2.24) is 5.32 Å². The maximum Gasteiger partial charge on any atom is 0.323 e. The monoisotopic (exact) mass is 426 g/mol. The first kappa shape index (κ1) is 24.2. The number of nitrogens with zero attached hydrogens (tertiary/aromatic N) is 1. The fraction of sp³-hybridized carbons (Fsp3) is 0.278. The van der Waals surface area contributed by atoms with Crippen molar-refractivity contribution >= 4 is 21.8 Å². The number of carboxylic acids is 1. The molecular formula is C18H22N2O8S. The van der Waals surface area contributed by atoms with Crippen molar-refractivity contribution in [1.29, 1.82) is 0 Å². The van der Waals surface area contributed by atoms with Gasteiger partial charge in [-0.1, -0.05) is 29.8 Å². The molecule has 0 unspecified atom stereocenters. The second-order valence-corrected chi connectivity index (χ2v) is 7.57. The average Bonchev–Trinajstić information content (AvgIpc) is 2.62. The van der Waals surface area contributed by atoms with Crippen LogP contribution in [-0.2, 0) is 21.5 Å². The zero-order valence-corrected chi connectivity index (χ0v) is 16.5. The molecule has 0 aromatic heterocycles. The Kier molecular flexibility index (Phi) is 8.85. The van der Waals surface area contributed by atoms with Crippen molar-refractivity contribution in [2.45, 2.75) is 37.4 Å². The van der Waals surface area contributed by atoms with E-state index >= 15 is 0 Å². The lowest BCUT2D eigenvalue weighted by Crippen LogP contribution is -2.44. The zero-order chi connectivity index (χ0) is 22.2. The molecule has 0 saturated heterocycles. The highest BCUT2D eigenvalue weighted by atomic mass is 32.2. The number of nitro benzene ring substituents is 1. The number of nitro groups is 1. The molecular weight excluding hydrogens is 404 g/mol. The molecule has 0 aliphatic rings. The molecule has 0 amide bonds. The van der Waals surface area contributed by atoms with Gasteiger partial charge in [0.25, 0.3) is 15.8 Å². The molecule has 0 bridgehead atoms. The highest BCUT2D eigenvalue weighted by Gasteiger charge is 2.22. The maximum absolute atomic E-state index is 10.8. The highest BCUT2D eigenvalue weighted by molar-refractivity contribution is 7.85. The molecule has 0 spiro atoms. The van der Waals surface area contributed by atoms with Crippen molar-refractivity contribution in [3.8, 4) is 0 Å². The Bertz CT molecular complexity index is 925. The van der Waals surface area contributed by atoms with E-state index in [0.717, 1.165) is 5.56 Å². The molecule has 2 aromatic rings. The number of benzene rings is 2. The summed E-state index contributed by atoms with van der Waals surface area (Å²) in [6, 6.07) is 10.7. The Morgan fingerprint density at radius 3 is 2.03 bits per heavy atom. The van der Waals surface area contributed by atoms with Crippen LogP contribution in [0.1, 0.15) is 18.1 Å².